The lowest BCUT2D eigenvalue weighted by atomic mass is 10.2. The first-order valence-electron chi connectivity index (χ1n) is 7.55. The van der Waals surface area contributed by atoms with Gasteiger partial charge in [0.1, 0.15) is 0 Å². The van der Waals surface area contributed by atoms with Gasteiger partial charge in [-0.25, -0.2) is 5.43 Å². The maximum absolute atomic E-state index is 11.8. The van der Waals surface area contributed by atoms with Gasteiger partial charge in [0.15, 0.2) is 12.4 Å². The normalized spacial score (nSPS) is 10.6. The molecule has 28 heavy (non-hydrogen) atoms. The van der Waals surface area contributed by atoms with Crippen molar-refractivity contribution in [1.29, 1.82) is 0 Å². The monoisotopic (exact) mass is 408 g/mol. The number of hydrogen-bond donors (Lipinski definition) is 2. The third-order valence-corrected chi connectivity index (χ3v) is 3.56. The fourth-order valence-corrected chi connectivity index (χ4v) is 2.31. The van der Waals surface area contributed by atoms with E-state index in [1.54, 1.807) is 13.0 Å². The fraction of sp³-hybridized carbons (Fsp3) is 0.125. The number of halogens is 1. The molecule has 146 valence electrons. The van der Waals surface area contributed by atoms with E-state index in [4.69, 9.17) is 16.3 Å². The fourth-order valence-electron chi connectivity index (χ4n) is 2.08. The van der Waals surface area contributed by atoms with Crippen molar-refractivity contribution in [3.63, 3.8) is 0 Å². The number of hydrogen-bond acceptors (Lipinski definition) is 8. The third kappa shape index (κ3) is 5.14. The summed E-state index contributed by atoms with van der Waals surface area (Å²) in [6.45, 7) is 1.11. The second-order valence-electron chi connectivity index (χ2n) is 5.43. The van der Waals surface area contributed by atoms with Gasteiger partial charge in [-0.05, 0) is 24.6 Å². The number of nitrogens with one attached hydrogen (secondary N) is 1. The molecular weight excluding hydrogens is 396 g/mol. The Labute approximate surface area is 162 Å². The molecule has 0 aliphatic carbocycles. The first kappa shape index (κ1) is 20.6. The molecule has 0 atom stereocenters. The Hall–Kier alpha value is -3.73. The number of carbonyl (C=O) groups is 1. The van der Waals surface area contributed by atoms with Crippen molar-refractivity contribution >= 4 is 35.1 Å². The largest absolute Gasteiger partial charge is 0.502 e. The van der Waals surface area contributed by atoms with Crippen LogP contribution in [0.3, 0.4) is 0 Å². The Bertz CT molecular complexity index is 978. The van der Waals surface area contributed by atoms with Crippen LogP contribution in [-0.4, -0.2) is 33.7 Å². The Kier molecular flexibility index (Phi) is 6.45. The van der Waals surface area contributed by atoms with Gasteiger partial charge in [0.25, 0.3) is 5.91 Å². The van der Waals surface area contributed by atoms with Gasteiger partial charge in [0, 0.05) is 22.7 Å². The molecule has 12 heteroatoms. The van der Waals surface area contributed by atoms with E-state index in [1.165, 1.54) is 18.2 Å². The molecule has 0 aromatic heterocycles. The number of benzene rings is 2. The number of amides is 1. The van der Waals surface area contributed by atoms with E-state index in [0.717, 1.165) is 12.3 Å². The number of ether oxygens (including phenoxy) is 1. The van der Waals surface area contributed by atoms with E-state index < -0.39 is 33.8 Å². The molecule has 0 fully saturated rings. The van der Waals surface area contributed by atoms with Crippen LogP contribution in [0, 0.1) is 27.2 Å². The Balaban J connectivity index is 2.02. The van der Waals surface area contributed by atoms with E-state index in [9.17, 15) is 30.1 Å². The first-order valence-corrected chi connectivity index (χ1v) is 7.93. The zero-order valence-electron chi connectivity index (χ0n) is 14.3. The van der Waals surface area contributed by atoms with E-state index in [1.807, 2.05) is 0 Å². The van der Waals surface area contributed by atoms with Crippen LogP contribution < -0.4 is 10.2 Å². The first-order chi connectivity index (χ1) is 13.2. The van der Waals surface area contributed by atoms with E-state index in [0.29, 0.717) is 5.56 Å². The number of aromatic hydroxyl groups is 1. The lowest BCUT2D eigenvalue weighted by molar-refractivity contribution is -0.386. The highest BCUT2D eigenvalue weighted by Crippen LogP contribution is 2.32. The van der Waals surface area contributed by atoms with Crippen LogP contribution in [0.25, 0.3) is 0 Å². The van der Waals surface area contributed by atoms with Gasteiger partial charge in [-0.1, -0.05) is 17.7 Å². The molecular formula is C16H13ClN4O7. The van der Waals surface area contributed by atoms with Crippen molar-refractivity contribution in [2.24, 2.45) is 5.10 Å². The molecule has 0 saturated heterocycles. The minimum Gasteiger partial charge on any atom is -0.502 e. The Morgan fingerprint density at radius 1 is 1.25 bits per heavy atom. The molecule has 2 rings (SSSR count). The van der Waals surface area contributed by atoms with Crippen LogP contribution in [0.2, 0.25) is 5.02 Å². The predicted molar refractivity (Wildman–Crippen MR) is 98.8 cm³/mol. The van der Waals surface area contributed by atoms with E-state index in [2.05, 4.69) is 10.5 Å². The SMILES string of the molecule is Cc1ccc(OCC(=O)N/N=C\c2cc(Cl)cc([N+](=O)[O-])c2O)c([N+](=O)[O-])c1. The maximum atomic E-state index is 11.8. The topological polar surface area (TPSA) is 157 Å². The summed E-state index contributed by atoms with van der Waals surface area (Å²) in [7, 11) is 0. The van der Waals surface area contributed by atoms with Crippen LogP contribution in [0.5, 0.6) is 11.5 Å². The van der Waals surface area contributed by atoms with Crippen LogP contribution in [0.1, 0.15) is 11.1 Å². The number of nitrogens with zero attached hydrogens (tertiary/aromatic N) is 3. The van der Waals surface area contributed by atoms with Gasteiger partial charge >= 0.3 is 11.4 Å². The second-order valence-corrected chi connectivity index (χ2v) is 5.87. The van der Waals surface area contributed by atoms with Gasteiger partial charge in [-0.3, -0.25) is 25.0 Å². The van der Waals surface area contributed by atoms with Gasteiger partial charge in [-0.15, -0.1) is 0 Å². The van der Waals surface area contributed by atoms with Crippen molar-refractivity contribution in [3.8, 4) is 11.5 Å². The summed E-state index contributed by atoms with van der Waals surface area (Å²) in [5.74, 6) is -1.50. The molecule has 0 radical (unpaired) electrons. The van der Waals surface area contributed by atoms with Gasteiger partial charge in [0.05, 0.1) is 16.1 Å². The quantitative estimate of drug-likeness (QED) is 0.405. The number of aryl methyl sites for hydroxylation is 1. The van der Waals surface area contributed by atoms with Gasteiger partial charge < -0.3 is 9.84 Å². The standard InChI is InChI=1S/C16H13ClN4O7/c1-9-2-3-14(12(4-9)20(24)25)28-8-15(22)19-18-7-10-5-11(17)6-13(16(10)23)21(26)27/h2-7,23H,8H2,1H3,(H,19,22)/b18-7-. The lowest BCUT2D eigenvalue weighted by Crippen LogP contribution is -2.24. The molecule has 0 heterocycles. The summed E-state index contributed by atoms with van der Waals surface area (Å²) in [6.07, 6.45) is 0.959. The van der Waals surface area contributed by atoms with Crippen LogP contribution >= 0.6 is 11.6 Å². The zero-order chi connectivity index (χ0) is 20.8. The average Bonchev–Trinajstić information content (AvgIpc) is 2.62. The summed E-state index contributed by atoms with van der Waals surface area (Å²) >= 11 is 5.74. The van der Waals surface area contributed by atoms with Crippen LogP contribution in [0.15, 0.2) is 35.4 Å². The molecule has 0 saturated carbocycles. The highest BCUT2D eigenvalue weighted by molar-refractivity contribution is 6.31. The molecule has 0 spiro atoms. The molecule has 1 amide bonds. The number of carbonyl (C=O) groups excluding carboxylic acids is 1. The molecule has 0 aliphatic rings. The summed E-state index contributed by atoms with van der Waals surface area (Å²) in [4.78, 5) is 32.1. The molecule has 0 bridgehead atoms. The number of nitro benzene ring substituents is 2. The van der Waals surface area contributed by atoms with E-state index in [-0.39, 0.29) is 22.0 Å². The zero-order valence-corrected chi connectivity index (χ0v) is 15.0. The summed E-state index contributed by atoms with van der Waals surface area (Å²) in [5.41, 5.74) is 1.74. The van der Waals surface area contributed by atoms with Crippen LogP contribution in [-0.2, 0) is 4.79 Å². The van der Waals surface area contributed by atoms with Crippen molar-refractivity contribution in [3.05, 3.63) is 66.7 Å². The predicted octanol–water partition coefficient (Wildman–Crippen LogP) is 2.70. The number of nitro groups is 2. The lowest BCUT2D eigenvalue weighted by Gasteiger charge is -2.06. The number of phenolic OH excluding ortho intramolecular Hbond substituents is 1. The molecule has 0 aliphatic heterocycles. The third-order valence-electron chi connectivity index (χ3n) is 3.34. The Morgan fingerprint density at radius 2 is 1.93 bits per heavy atom. The highest BCUT2D eigenvalue weighted by Gasteiger charge is 2.18. The number of phenols is 1. The van der Waals surface area contributed by atoms with Crippen LogP contribution in [0.4, 0.5) is 11.4 Å². The number of rotatable bonds is 7. The van der Waals surface area contributed by atoms with Crippen molar-refractivity contribution in [2.45, 2.75) is 6.92 Å². The van der Waals surface area contributed by atoms with Crippen molar-refractivity contribution in [2.75, 3.05) is 6.61 Å². The van der Waals surface area contributed by atoms with E-state index >= 15 is 0 Å². The van der Waals surface area contributed by atoms with Gasteiger partial charge in [0.2, 0.25) is 5.75 Å². The molecule has 2 aromatic rings. The second kappa shape index (κ2) is 8.77. The van der Waals surface area contributed by atoms with Crippen molar-refractivity contribution in [1.82, 2.24) is 5.43 Å². The minimum atomic E-state index is -0.820. The summed E-state index contributed by atoms with van der Waals surface area (Å²) < 4.78 is 5.12. The smallest absolute Gasteiger partial charge is 0.312 e. The maximum Gasteiger partial charge on any atom is 0.312 e. The van der Waals surface area contributed by atoms with Gasteiger partial charge in [-0.2, -0.15) is 5.10 Å². The molecule has 11 nitrogen and oxygen atoms in total. The minimum absolute atomic E-state index is 0.00714. The highest BCUT2D eigenvalue weighted by atomic mass is 35.5. The summed E-state index contributed by atoms with van der Waals surface area (Å²) in [5, 5.41) is 35.2. The average molecular weight is 409 g/mol. The Morgan fingerprint density at radius 3 is 2.57 bits per heavy atom. The number of hydrazone groups is 1. The molecule has 0 unspecified atom stereocenters. The van der Waals surface area contributed by atoms with Crippen molar-refractivity contribution < 1.29 is 24.5 Å². The summed E-state index contributed by atoms with van der Waals surface area (Å²) in [6, 6.07) is 6.45. The molecule has 2 N–H and O–H groups in total. The molecule has 2 aromatic carbocycles.